The molecule has 3 rings (SSSR count). The number of carbonyl (C=O) groups excluding carboxylic acids is 2. The van der Waals surface area contributed by atoms with Crippen LogP contribution in [0.4, 0.5) is 0 Å². The predicted octanol–water partition coefficient (Wildman–Crippen LogP) is 2.49. The maximum atomic E-state index is 12.6. The third kappa shape index (κ3) is 3.19. The van der Waals surface area contributed by atoms with E-state index in [1.165, 1.54) is 4.90 Å². The highest BCUT2D eigenvalue weighted by Crippen LogP contribution is 2.39. The Morgan fingerprint density at radius 2 is 1.60 bits per heavy atom. The Balaban J connectivity index is 2.18. The van der Waals surface area contributed by atoms with Crippen molar-refractivity contribution in [3.05, 3.63) is 77.4 Å². The van der Waals surface area contributed by atoms with E-state index in [4.69, 9.17) is 0 Å². The number of Topliss-reactive ketones (excluding diaryl/α,β-unsaturated/α-hetero) is 1. The fraction of sp³-hybridized carbons (Fsp3) is 0.200. The van der Waals surface area contributed by atoms with Gasteiger partial charge in [-0.25, -0.2) is 0 Å². The summed E-state index contributed by atoms with van der Waals surface area (Å²) in [5, 5.41) is 20.4. The van der Waals surface area contributed by atoms with Crippen molar-refractivity contribution < 1.29 is 19.8 Å². The molecule has 2 atom stereocenters. The summed E-state index contributed by atoms with van der Waals surface area (Å²) in [6.45, 7) is 1.56. The van der Waals surface area contributed by atoms with E-state index in [-0.39, 0.29) is 17.9 Å². The van der Waals surface area contributed by atoms with Crippen molar-refractivity contribution in [3.8, 4) is 0 Å². The Labute approximate surface area is 145 Å². The van der Waals surface area contributed by atoms with E-state index in [0.29, 0.717) is 11.1 Å². The Bertz CT molecular complexity index is 812. The first kappa shape index (κ1) is 16.9. The molecule has 1 amide bonds. The van der Waals surface area contributed by atoms with Gasteiger partial charge in [-0.3, -0.25) is 9.59 Å². The first-order valence-electron chi connectivity index (χ1n) is 8.07. The highest BCUT2D eigenvalue weighted by Gasteiger charge is 2.46. The molecule has 0 aromatic heterocycles. The average Bonchev–Trinajstić information content (AvgIpc) is 2.87. The van der Waals surface area contributed by atoms with Crippen molar-refractivity contribution in [2.75, 3.05) is 6.54 Å². The fourth-order valence-corrected chi connectivity index (χ4v) is 3.09. The maximum Gasteiger partial charge on any atom is 0.295 e. The first-order chi connectivity index (χ1) is 12.0. The minimum atomic E-state index is -0.791. The van der Waals surface area contributed by atoms with Crippen LogP contribution in [-0.2, 0) is 9.59 Å². The summed E-state index contributed by atoms with van der Waals surface area (Å²) in [7, 11) is 0. The number of benzene rings is 2. The molecule has 0 spiro atoms. The van der Waals surface area contributed by atoms with Crippen molar-refractivity contribution in [2.45, 2.75) is 19.1 Å². The Kier molecular flexibility index (Phi) is 4.67. The lowest BCUT2D eigenvalue weighted by Crippen LogP contribution is -2.35. The molecule has 5 heteroatoms. The summed E-state index contributed by atoms with van der Waals surface area (Å²) in [6.07, 6.45) is -0.791. The highest BCUT2D eigenvalue weighted by atomic mass is 16.3. The largest absolute Gasteiger partial charge is 0.507 e. The summed E-state index contributed by atoms with van der Waals surface area (Å²) in [5.41, 5.74) is 1.22. The lowest BCUT2D eigenvalue weighted by atomic mass is 9.95. The second kappa shape index (κ2) is 6.91. The van der Waals surface area contributed by atoms with Crippen molar-refractivity contribution in [1.82, 2.24) is 4.90 Å². The number of rotatable bonds is 4. The second-order valence-electron chi connectivity index (χ2n) is 6.08. The van der Waals surface area contributed by atoms with Crippen molar-refractivity contribution >= 4 is 17.4 Å². The fourth-order valence-electron chi connectivity index (χ4n) is 3.09. The summed E-state index contributed by atoms with van der Waals surface area (Å²) in [5.74, 6) is -1.66. The van der Waals surface area contributed by atoms with E-state index in [9.17, 15) is 19.8 Å². The van der Waals surface area contributed by atoms with Crippen LogP contribution in [0.5, 0.6) is 0 Å². The SMILES string of the molecule is C[C@@H](O)CN1C(=O)C(=O)C(=C(O)c2ccccc2)[C@H]1c1ccccc1. The standard InChI is InChI=1S/C20H19NO4/c1-13(22)12-21-17(14-8-4-2-5-9-14)16(19(24)20(21)25)18(23)15-10-6-3-7-11-15/h2-11,13,17,22-23H,12H2,1H3/t13-,17-/m1/s1. The number of aliphatic hydroxyl groups excluding tert-OH is 2. The quantitative estimate of drug-likeness (QED) is 0.510. The molecule has 0 bridgehead atoms. The van der Waals surface area contributed by atoms with E-state index < -0.39 is 23.8 Å². The molecule has 2 aromatic carbocycles. The van der Waals surface area contributed by atoms with Crippen LogP contribution in [0.1, 0.15) is 24.1 Å². The number of amides is 1. The Hall–Kier alpha value is -2.92. The molecule has 0 aliphatic carbocycles. The van der Waals surface area contributed by atoms with Gasteiger partial charge in [0.2, 0.25) is 0 Å². The minimum Gasteiger partial charge on any atom is -0.507 e. The number of nitrogens with zero attached hydrogens (tertiary/aromatic N) is 1. The van der Waals surface area contributed by atoms with Gasteiger partial charge in [-0.1, -0.05) is 60.7 Å². The summed E-state index contributed by atoms with van der Waals surface area (Å²) in [6, 6.07) is 17.0. The molecule has 5 nitrogen and oxygen atoms in total. The van der Waals surface area contributed by atoms with Gasteiger partial charge in [-0.15, -0.1) is 0 Å². The number of hydrogen-bond donors (Lipinski definition) is 2. The highest BCUT2D eigenvalue weighted by molar-refractivity contribution is 6.46. The normalized spacial score (nSPS) is 20.7. The van der Waals surface area contributed by atoms with Gasteiger partial charge in [0.05, 0.1) is 17.7 Å². The second-order valence-corrected chi connectivity index (χ2v) is 6.08. The molecule has 2 N–H and O–H groups in total. The zero-order valence-electron chi connectivity index (χ0n) is 13.8. The van der Waals surface area contributed by atoms with Crippen molar-refractivity contribution in [3.63, 3.8) is 0 Å². The van der Waals surface area contributed by atoms with Crippen LogP contribution in [0, 0.1) is 0 Å². The lowest BCUT2D eigenvalue weighted by molar-refractivity contribution is -0.140. The number of ketones is 1. The van der Waals surface area contributed by atoms with Crippen molar-refractivity contribution in [1.29, 1.82) is 0 Å². The third-order valence-electron chi connectivity index (χ3n) is 4.16. The van der Waals surface area contributed by atoms with Crippen LogP contribution in [0.15, 0.2) is 66.2 Å². The average molecular weight is 337 g/mol. The van der Waals surface area contributed by atoms with Crippen LogP contribution >= 0.6 is 0 Å². The first-order valence-corrected chi connectivity index (χ1v) is 8.07. The van der Waals surface area contributed by atoms with Crippen LogP contribution in [0.2, 0.25) is 0 Å². The smallest absolute Gasteiger partial charge is 0.295 e. The number of hydrogen-bond acceptors (Lipinski definition) is 4. The molecule has 1 heterocycles. The van der Waals surface area contributed by atoms with Crippen LogP contribution in [-0.4, -0.2) is 39.5 Å². The van der Waals surface area contributed by atoms with Gasteiger partial charge in [-0.05, 0) is 12.5 Å². The van der Waals surface area contributed by atoms with Crippen LogP contribution in [0.25, 0.3) is 5.76 Å². The monoisotopic (exact) mass is 337 g/mol. The van der Waals surface area contributed by atoms with Crippen LogP contribution in [0.3, 0.4) is 0 Å². The van der Waals surface area contributed by atoms with Gasteiger partial charge in [0.15, 0.2) is 0 Å². The van der Waals surface area contributed by atoms with Gasteiger partial charge in [0, 0.05) is 12.1 Å². The molecule has 25 heavy (non-hydrogen) atoms. The zero-order valence-corrected chi connectivity index (χ0v) is 13.8. The van der Waals surface area contributed by atoms with E-state index in [2.05, 4.69) is 0 Å². The minimum absolute atomic E-state index is 0.00963. The van der Waals surface area contributed by atoms with Gasteiger partial charge in [-0.2, -0.15) is 0 Å². The molecule has 0 radical (unpaired) electrons. The third-order valence-corrected chi connectivity index (χ3v) is 4.16. The molecule has 2 aromatic rings. The predicted molar refractivity (Wildman–Crippen MR) is 93.6 cm³/mol. The number of likely N-dealkylation sites (tertiary alicyclic amines) is 1. The Morgan fingerprint density at radius 1 is 1.04 bits per heavy atom. The van der Waals surface area contributed by atoms with Crippen LogP contribution < -0.4 is 0 Å². The number of carbonyl (C=O) groups is 2. The molecule has 1 aliphatic rings. The van der Waals surface area contributed by atoms with Gasteiger partial charge in [0.25, 0.3) is 11.7 Å². The van der Waals surface area contributed by atoms with Gasteiger partial charge >= 0.3 is 0 Å². The molecule has 0 saturated carbocycles. The Morgan fingerprint density at radius 3 is 2.16 bits per heavy atom. The molecule has 1 saturated heterocycles. The van der Waals surface area contributed by atoms with E-state index in [1.54, 1.807) is 61.5 Å². The number of aliphatic hydroxyl groups is 2. The molecule has 1 aliphatic heterocycles. The molecule has 0 unspecified atom stereocenters. The molecular weight excluding hydrogens is 318 g/mol. The van der Waals surface area contributed by atoms with E-state index in [0.717, 1.165) is 0 Å². The molecule has 1 fully saturated rings. The zero-order chi connectivity index (χ0) is 18.0. The number of β-amino-alcohol motifs (C(OH)–C–C–N with tert-alkyl or cyclic N) is 1. The van der Waals surface area contributed by atoms with Gasteiger partial charge in [0.1, 0.15) is 5.76 Å². The molecule has 128 valence electrons. The van der Waals surface area contributed by atoms with Crippen molar-refractivity contribution in [2.24, 2.45) is 0 Å². The van der Waals surface area contributed by atoms with E-state index in [1.807, 2.05) is 6.07 Å². The summed E-state index contributed by atoms with van der Waals surface area (Å²) in [4.78, 5) is 26.4. The lowest BCUT2D eigenvalue weighted by Gasteiger charge is -2.26. The summed E-state index contributed by atoms with van der Waals surface area (Å²) >= 11 is 0. The summed E-state index contributed by atoms with van der Waals surface area (Å²) < 4.78 is 0. The van der Waals surface area contributed by atoms with E-state index >= 15 is 0 Å². The topological polar surface area (TPSA) is 77.8 Å². The maximum absolute atomic E-state index is 12.6. The molecular formula is C20H19NO4. The van der Waals surface area contributed by atoms with Gasteiger partial charge < -0.3 is 15.1 Å².